The van der Waals surface area contributed by atoms with E-state index < -0.39 is 12.2 Å². The van der Waals surface area contributed by atoms with Crippen LogP contribution in [0.5, 0.6) is 0 Å². The van der Waals surface area contributed by atoms with Crippen molar-refractivity contribution in [3.63, 3.8) is 0 Å². The van der Waals surface area contributed by atoms with E-state index in [9.17, 15) is 20.1 Å². The predicted octanol–water partition coefficient (Wildman–Crippen LogP) is 1.82. The molecule has 2 unspecified atom stereocenters. The Morgan fingerprint density at radius 2 is 1.91 bits per heavy atom. The Bertz CT molecular complexity index is 570. The van der Waals surface area contributed by atoms with Gasteiger partial charge in [-0.1, -0.05) is 13.8 Å². The maximum absolute atomic E-state index is 11.8. The van der Waals surface area contributed by atoms with Crippen LogP contribution in [0.2, 0.25) is 0 Å². The average Bonchev–Trinajstić information content (AvgIpc) is 2.76. The number of aliphatic hydroxyl groups excluding tert-OH is 3. The minimum atomic E-state index is -0.585. The summed E-state index contributed by atoms with van der Waals surface area (Å²) in [6.45, 7) is 4.24. The molecule has 0 aromatic heterocycles. The third-order valence-electron chi connectivity index (χ3n) is 7.86. The maximum atomic E-state index is 11.8. The van der Waals surface area contributed by atoms with E-state index in [1.807, 2.05) is 0 Å². The van der Waals surface area contributed by atoms with Gasteiger partial charge in [0.25, 0.3) is 0 Å². The Morgan fingerprint density at radius 3 is 2.65 bits per heavy atom. The minimum Gasteiger partial charge on any atom is -0.393 e. The summed E-state index contributed by atoms with van der Waals surface area (Å²) in [7, 11) is 0. The van der Waals surface area contributed by atoms with Gasteiger partial charge in [0.15, 0.2) is 5.78 Å². The number of aliphatic hydroxyl groups is 3. The summed E-state index contributed by atoms with van der Waals surface area (Å²) in [5.74, 6) is 0.776. The van der Waals surface area contributed by atoms with Crippen LogP contribution in [0.3, 0.4) is 0 Å². The molecule has 8 atom stereocenters. The van der Waals surface area contributed by atoms with Crippen molar-refractivity contribution < 1.29 is 20.1 Å². The highest BCUT2D eigenvalue weighted by Gasteiger charge is 2.63. The molecule has 0 saturated heterocycles. The molecule has 0 aromatic rings. The first-order valence-corrected chi connectivity index (χ1v) is 9.06. The number of ketones is 1. The van der Waals surface area contributed by atoms with Gasteiger partial charge in [-0.15, -0.1) is 0 Å². The van der Waals surface area contributed by atoms with E-state index in [4.69, 9.17) is 0 Å². The molecular formula is C19H28O4. The van der Waals surface area contributed by atoms with Gasteiger partial charge in [0.2, 0.25) is 0 Å². The van der Waals surface area contributed by atoms with Crippen LogP contribution >= 0.6 is 0 Å². The molecule has 4 aliphatic carbocycles. The minimum absolute atomic E-state index is 0.0913. The number of hydrogen-bond donors (Lipinski definition) is 3. The van der Waals surface area contributed by atoms with Gasteiger partial charge in [-0.25, -0.2) is 0 Å². The predicted molar refractivity (Wildman–Crippen MR) is 85.5 cm³/mol. The van der Waals surface area contributed by atoms with Gasteiger partial charge in [0, 0.05) is 6.42 Å². The van der Waals surface area contributed by atoms with Gasteiger partial charge < -0.3 is 15.3 Å². The Balaban J connectivity index is 1.78. The molecule has 4 nitrogen and oxygen atoms in total. The van der Waals surface area contributed by atoms with E-state index >= 15 is 0 Å². The molecule has 0 bridgehead atoms. The van der Waals surface area contributed by atoms with Gasteiger partial charge in [-0.3, -0.25) is 4.79 Å². The topological polar surface area (TPSA) is 77.8 Å². The molecule has 0 aromatic carbocycles. The highest BCUT2D eigenvalue weighted by atomic mass is 16.3. The lowest BCUT2D eigenvalue weighted by atomic mass is 9.46. The summed E-state index contributed by atoms with van der Waals surface area (Å²) in [6.07, 6.45) is 4.49. The molecule has 23 heavy (non-hydrogen) atoms. The van der Waals surface area contributed by atoms with Crippen LogP contribution in [0.4, 0.5) is 0 Å². The Labute approximate surface area is 137 Å². The summed E-state index contributed by atoms with van der Waals surface area (Å²) >= 11 is 0. The lowest BCUT2D eigenvalue weighted by Crippen LogP contribution is -2.59. The van der Waals surface area contributed by atoms with Crippen molar-refractivity contribution in [2.24, 2.45) is 28.6 Å². The molecule has 128 valence electrons. The Morgan fingerprint density at radius 1 is 1.17 bits per heavy atom. The normalized spacial score (nSPS) is 55.7. The lowest BCUT2D eigenvalue weighted by molar-refractivity contribution is -0.154. The van der Waals surface area contributed by atoms with Crippen molar-refractivity contribution in [3.8, 4) is 0 Å². The first-order valence-electron chi connectivity index (χ1n) is 9.06. The van der Waals surface area contributed by atoms with E-state index in [2.05, 4.69) is 13.8 Å². The van der Waals surface area contributed by atoms with Crippen LogP contribution in [0.25, 0.3) is 0 Å². The van der Waals surface area contributed by atoms with Crippen LogP contribution < -0.4 is 0 Å². The fourth-order valence-electron chi connectivity index (χ4n) is 6.71. The third-order valence-corrected chi connectivity index (χ3v) is 7.86. The summed E-state index contributed by atoms with van der Waals surface area (Å²) in [5.41, 5.74) is 0.323. The zero-order chi connectivity index (χ0) is 16.6. The van der Waals surface area contributed by atoms with Crippen molar-refractivity contribution in [2.75, 3.05) is 0 Å². The standard InChI is InChI=1S/C19H28O4/c1-18-6-5-10(20)7-13(18)14(21)8-11-12-3-4-16(23)19(12,2)9-15(22)17(11)18/h7,11-12,14-17,21-23H,3-6,8-9H2,1-2H3/t11-,12?,14+,15+,16-,17?,18-,19-/m0/s1. The van der Waals surface area contributed by atoms with Crippen molar-refractivity contribution in [1.82, 2.24) is 0 Å². The smallest absolute Gasteiger partial charge is 0.155 e. The average molecular weight is 320 g/mol. The summed E-state index contributed by atoms with van der Waals surface area (Å²) in [5, 5.41) is 32.2. The molecule has 0 spiro atoms. The van der Waals surface area contributed by atoms with Crippen LogP contribution in [-0.4, -0.2) is 39.4 Å². The number of rotatable bonds is 0. The second-order valence-corrected chi connectivity index (χ2v) is 8.90. The zero-order valence-electron chi connectivity index (χ0n) is 14.0. The number of hydrogen-bond acceptors (Lipinski definition) is 4. The van der Waals surface area contributed by atoms with Crippen molar-refractivity contribution in [1.29, 1.82) is 0 Å². The number of carbonyl (C=O) groups excluding carboxylic acids is 1. The highest BCUT2D eigenvalue weighted by Crippen LogP contribution is 2.65. The van der Waals surface area contributed by atoms with E-state index in [-0.39, 0.29) is 34.6 Å². The van der Waals surface area contributed by atoms with Gasteiger partial charge in [-0.05, 0) is 72.3 Å². The largest absolute Gasteiger partial charge is 0.393 e. The summed E-state index contributed by atoms with van der Waals surface area (Å²) in [6, 6.07) is 0. The van der Waals surface area contributed by atoms with Gasteiger partial charge in [0.1, 0.15) is 0 Å². The monoisotopic (exact) mass is 320 g/mol. The molecule has 0 aliphatic heterocycles. The van der Waals surface area contributed by atoms with Crippen LogP contribution in [0.15, 0.2) is 11.6 Å². The van der Waals surface area contributed by atoms with E-state index in [1.54, 1.807) is 6.08 Å². The van der Waals surface area contributed by atoms with Crippen molar-refractivity contribution in [2.45, 2.75) is 70.7 Å². The Hall–Kier alpha value is -0.710. The maximum Gasteiger partial charge on any atom is 0.155 e. The molecule has 0 amide bonds. The second kappa shape index (κ2) is 4.90. The van der Waals surface area contributed by atoms with Gasteiger partial charge >= 0.3 is 0 Å². The first kappa shape index (κ1) is 15.8. The zero-order valence-corrected chi connectivity index (χ0v) is 14.0. The molecule has 4 aliphatic rings. The highest BCUT2D eigenvalue weighted by molar-refractivity contribution is 5.91. The number of fused-ring (bicyclic) bond motifs is 5. The molecule has 3 fully saturated rings. The van der Waals surface area contributed by atoms with E-state index in [0.29, 0.717) is 25.2 Å². The van der Waals surface area contributed by atoms with E-state index in [1.165, 1.54) is 0 Å². The molecular weight excluding hydrogens is 292 g/mol. The van der Waals surface area contributed by atoms with Crippen molar-refractivity contribution >= 4 is 5.78 Å². The SMILES string of the molecule is C[C@]12CCC(=O)C=C1[C@H](O)C[C@@H]1C2[C@H](O)C[C@@]2(C)C1CC[C@@H]2O. The number of carbonyl (C=O) groups is 1. The quantitative estimate of drug-likeness (QED) is 0.636. The van der Waals surface area contributed by atoms with Crippen molar-refractivity contribution in [3.05, 3.63) is 11.6 Å². The van der Waals surface area contributed by atoms with Crippen LogP contribution in [-0.2, 0) is 4.79 Å². The van der Waals surface area contributed by atoms with E-state index in [0.717, 1.165) is 24.8 Å². The fraction of sp³-hybridized carbons (Fsp3) is 0.842. The second-order valence-electron chi connectivity index (χ2n) is 8.90. The first-order chi connectivity index (χ1) is 10.8. The fourth-order valence-corrected chi connectivity index (χ4v) is 6.71. The van der Waals surface area contributed by atoms with Gasteiger partial charge in [-0.2, -0.15) is 0 Å². The molecule has 3 saturated carbocycles. The lowest BCUT2D eigenvalue weighted by Gasteiger charge is -2.60. The molecule has 3 N–H and O–H groups in total. The molecule has 0 heterocycles. The molecule has 4 heteroatoms. The van der Waals surface area contributed by atoms with Crippen LogP contribution in [0.1, 0.15) is 52.4 Å². The third kappa shape index (κ3) is 1.98. The molecule has 4 rings (SSSR count). The Kier molecular flexibility index (Phi) is 3.37. The summed E-state index contributed by atoms with van der Waals surface area (Å²) in [4.78, 5) is 11.8. The van der Waals surface area contributed by atoms with Gasteiger partial charge in [0.05, 0.1) is 18.3 Å². The summed E-state index contributed by atoms with van der Waals surface area (Å²) < 4.78 is 0. The molecule has 0 radical (unpaired) electrons. The van der Waals surface area contributed by atoms with Crippen LogP contribution in [0, 0.1) is 28.6 Å².